The maximum Gasteiger partial charge on any atom is 0.280 e. The number of ether oxygens (including phenoxy) is 2. The third kappa shape index (κ3) is 5.03. The van der Waals surface area contributed by atoms with Gasteiger partial charge in [0.05, 0.1) is 19.8 Å². The topological polar surface area (TPSA) is 104 Å². The number of unbranched alkanes of at least 4 members (excludes halogenated alkanes) is 1. The van der Waals surface area contributed by atoms with Crippen molar-refractivity contribution in [2.45, 2.75) is 26.7 Å². The Bertz CT molecular complexity index is 491. The molecule has 0 spiro atoms. The molecule has 0 fully saturated rings. The first-order valence-electron chi connectivity index (χ1n) is 6.92. The minimum atomic E-state index is -0.658. The maximum atomic E-state index is 12.0. The third-order valence-corrected chi connectivity index (χ3v) is 2.57. The van der Waals surface area contributed by atoms with Crippen LogP contribution in [0.15, 0.2) is 12.3 Å². The Hall–Kier alpha value is -2.15. The molecule has 116 valence electrons. The van der Waals surface area contributed by atoms with Crippen molar-refractivity contribution in [2.24, 2.45) is 5.73 Å². The van der Waals surface area contributed by atoms with Crippen LogP contribution in [0.2, 0.25) is 0 Å². The highest BCUT2D eigenvalue weighted by Gasteiger charge is 2.20. The lowest BCUT2D eigenvalue weighted by atomic mass is 10.2. The molecule has 1 aromatic heterocycles. The van der Waals surface area contributed by atoms with E-state index in [1.165, 1.54) is 6.20 Å². The van der Waals surface area contributed by atoms with Gasteiger partial charge in [0.2, 0.25) is 5.91 Å². The first kappa shape index (κ1) is 16.9. The van der Waals surface area contributed by atoms with Crippen LogP contribution in [0.25, 0.3) is 0 Å². The van der Waals surface area contributed by atoms with Crippen LogP contribution in [-0.2, 0) is 4.79 Å². The molecule has 3 N–H and O–H groups in total. The molecular formula is C14H21N3O4. The lowest BCUT2D eigenvalue weighted by Gasteiger charge is -2.14. The van der Waals surface area contributed by atoms with Crippen molar-refractivity contribution in [2.75, 3.05) is 19.8 Å². The molecule has 0 radical (unpaired) electrons. The summed E-state index contributed by atoms with van der Waals surface area (Å²) in [6.07, 6.45) is 3.32. The van der Waals surface area contributed by atoms with Gasteiger partial charge in [-0.3, -0.25) is 14.9 Å². The van der Waals surface area contributed by atoms with E-state index in [0.29, 0.717) is 19.0 Å². The molecule has 7 nitrogen and oxygen atoms in total. The van der Waals surface area contributed by atoms with E-state index in [-0.39, 0.29) is 18.0 Å². The molecule has 1 heterocycles. The normalized spacial score (nSPS) is 10.0. The highest BCUT2D eigenvalue weighted by atomic mass is 16.5. The van der Waals surface area contributed by atoms with Crippen molar-refractivity contribution in [3.63, 3.8) is 0 Å². The number of carbonyl (C=O) groups excluding carboxylic acids is 2. The molecule has 0 aliphatic heterocycles. The number of nitrogens with two attached hydrogens (primary N) is 1. The Kier molecular flexibility index (Phi) is 7.17. The second-order valence-electron chi connectivity index (χ2n) is 4.20. The first-order valence-corrected chi connectivity index (χ1v) is 6.92. The molecule has 0 saturated carbocycles. The van der Waals surface area contributed by atoms with E-state index in [9.17, 15) is 9.59 Å². The van der Waals surface area contributed by atoms with Crippen LogP contribution in [0, 0.1) is 0 Å². The van der Waals surface area contributed by atoms with Gasteiger partial charge in [-0.2, -0.15) is 0 Å². The molecule has 1 aromatic rings. The third-order valence-electron chi connectivity index (χ3n) is 2.57. The summed E-state index contributed by atoms with van der Waals surface area (Å²) >= 11 is 0. The average Bonchev–Trinajstić information content (AvgIpc) is 2.48. The largest absolute Gasteiger partial charge is 0.490 e. The zero-order chi connectivity index (χ0) is 15.7. The lowest BCUT2D eigenvalue weighted by Crippen LogP contribution is -2.36. The monoisotopic (exact) mass is 295 g/mol. The van der Waals surface area contributed by atoms with Gasteiger partial charge < -0.3 is 15.2 Å². The molecule has 7 heteroatoms. The van der Waals surface area contributed by atoms with E-state index in [1.807, 2.05) is 0 Å². The van der Waals surface area contributed by atoms with E-state index < -0.39 is 11.8 Å². The molecule has 21 heavy (non-hydrogen) atoms. The number of aromatic nitrogens is 1. The highest BCUT2D eigenvalue weighted by molar-refractivity contribution is 6.05. The van der Waals surface area contributed by atoms with Gasteiger partial charge in [-0.05, 0) is 13.3 Å². The van der Waals surface area contributed by atoms with Crippen molar-refractivity contribution in [3.8, 4) is 11.5 Å². The molecule has 0 unspecified atom stereocenters. The number of amides is 2. The summed E-state index contributed by atoms with van der Waals surface area (Å²) in [6, 6.07) is 1.63. The van der Waals surface area contributed by atoms with E-state index in [2.05, 4.69) is 17.2 Å². The number of nitrogens with zero attached hydrogens (tertiary/aromatic N) is 1. The number of hydrogen-bond acceptors (Lipinski definition) is 6. The first-order chi connectivity index (χ1) is 10.1. The van der Waals surface area contributed by atoms with Gasteiger partial charge in [0.15, 0.2) is 17.2 Å². The van der Waals surface area contributed by atoms with Crippen molar-refractivity contribution < 1.29 is 19.1 Å². The Balaban J connectivity index is 2.98. The molecule has 0 aliphatic rings. The second-order valence-corrected chi connectivity index (χ2v) is 4.20. The van der Waals surface area contributed by atoms with Crippen molar-refractivity contribution >= 4 is 11.8 Å². The number of hydrogen-bond donors (Lipinski definition) is 2. The van der Waals surface area contributed by atoms with Gasteiger partial charge in [-0.15, -0.1) is 0 Å². The fourth-order valence-corrected chi connectivity index (χ4v) is 1.55. The van der Waals surface area contributed by atoms with Crippen LogP contribution in [0.1, 0.15) is 37.2 Å². The molecule has 0 aromatic carbocycles. The van der Waals surface area contributed by atoms with E-state index >= 15 is 0 Å². The van der Waals surface area contributed by atoms with Gasteiger partial charge in [-0.1, -0.05) is 13.3 Å². The van der Waals surface area contributed by atoms with Gasteiger partial charge in [-0.25, -0.2) is 4.98 Å². The Morgan fingerprint density at radius 1 is 1.33 bits per heavy atom. The number of rotatable bonds is 8. The number of pyridine rings is 1. The van der Waals surface area contributed by atoms with E-state index in [1.54, 1.807) is 13.0 Å². The molecule has 0 aliphatic carbocycles. The van der Waals surface area contributed by atoms with Crippen molar-refractivity contribution in [1.82, 2.24) is 10.3 Å². The predicted molar refractivity (Wildman–Crippen MR) is 77.3 cm³/mol. The van der Waals surface area contributed by atoms with Crippen LogP contribution < -0.4 is 20.5 Å². The maximum absolute atomic E-state index is 12.0. The minimum absolute atomic E-state index is 0.00708. The number of nitrogens with one attached hydrogen (secondary N) is 1. The Morgan fingerprint density at radius 3 is 2.71 bits per heavy atom. The van der Waals surface area contributed by atoms with Gasteiger partial charge >= 0.3 is 0 Å². The Morgan fingerprint density at radius 2 is 2.10 bits per heavy atom. The van der Waals surface area contributed by atoms with E-state index in [0.717, 1.165) is 12.8 Å². The van der Waals surface area contributed by atoms with Crippen LogP contribution in [0.4, 0.5) is 0 Å². The summed E-state index contributed by atoms with van der Waals surface area (Å²) in [5.74, 6) is -0.569. The lowest BCUT2D eigenvalue weighted by molar-refractivity contribution is -0.118. The minimum Gasteiger partial charge on any atom is -0.490 e. The summed E-state index contributed by atoms with van der Waals surface area (Å²) in [5.41, 5.74) is 5.17. The summed E-state index contributed by atoms with van der Waals surface area (Å²) in [7, 11) is 0. The van der Waals surface area contributed by atoms with Gasteiger partial charge in [0.1, 0.15) is 0 Å². The SMILES string of the molecule is CCCCOc1ccnc(C(=O)NC(=O)CN)c1OCC. The molecule has 0 saturated heterocycles. The van der Waals surface area contributed by atoms with Crippen LogP contribution >= 0.6 is 0 Å². The summed E-state index contributed by atoms with van der Waals surface area (Å²) in [5, 5.41) is 2.14. The summed E-state index contributed by atoms with van der Waals surface area (Å²) in [4.78, 5) is 27.2. The van der Waals surface area contributed by atoms with Gasteiger partial charge in [0.25, 0.3) is 5.91 Å². The van der Waals surface area contributed by atoms with Crippen LogP contribution in [0.3, 0.4) is 0 Å². The summed E-state index contributed by atoms with van der Waals surface area (Å²) < 4.78 is 11.0. The highest BCUT2D eigenvalue weighted by Crippen LogP contribution is 2.30. The Labute approximate surface area is 123 Å². The molecular weight excluding hydrogens is 274 g/mol. The zero-order valence-electron chi connectivity index (χ0n) is 12.3. The smallest absolute Gasteiger partial charge is 0.280 e. The zero-order valence-corrected chi connectivity index (χ0v) is 12.3. The second kappa shape index (κ2) is 8.91. The fraction of sp³-hybridized carbons (Fsp3) is 0.500. The standard InChI is InChI=1S/C14H21N3O4/c1-3-5-8-21-10-6-7-16-12(13(10)20-4-2)14(19)17-11(18)9-15/h6-7H,3-5,8-9,15H2,1-2H3,(H,17,18,19). The molecule has 2 amide bonds. The summed E-state index contributed by atoms with van der Waals surface area (Å²) in [6.45, 7) is 4.43. The predicted octanol–water partition coefficient (Wildman–Crippen LogP) is 0.874. The molecule has 0 bridgehead atoms. The average molecular weight is 295 g/mol. The van der Waals surface area contributed by atoms with Crippen LogP contribution in [0.5, 0.6) is 11.5 Å². The van der Waals surface area contributed by atoms with E-state index in [4.69, 9.17) is 15.2 Å². The molecule has 0 atom stereocenters. The number of imide groups is 1. The van der Waals surface area contributed by atoms with Crippen molar-refractivity contribution in [1.29, 1.82) is 0 Å². The fourth-order valence-electron chi connectivity index (χ4n) is 1.55. The molecule has 1 rings (SSSR count). The van der Waals surface area contributed by atoms with Gasteiger partial charge in [0, 0.05) is 12.3 Å². The van der Waals surface area contributed by atoms with Crippen LogP contribution in [-0.4, -0.2) is 36.6 Å². The van der Waals surface area contributed by atoms with Crippen molar-refractivity contribution in [3.05, 3.63) is 18.0 Å². The quantitative estimate of drug-likeness (QED) is 0.690. The number of carbonyl (C=O) groups is 2.